The average Bonchev–Trinajstić information content (AvgIpc) is 3.15. The molecule has 0 spiro atoms. The van der Waals surface area contributed by atoms with Crippen LogP contribution in [0.25, 0.3) is 27.9 Å². The van der Waals surface area contributed by atoms with Gasteiger partial charge in [-0.05, 0) is 35.4 Å². The Labute approximate surface area is 148 Å². The zero-order valence-electron chi connectivity index (χ0n) is 14.1. The molecule has 2 heteroatoms. The van der Waals surface area contributed by atoms with Crippen molar-refractivity contribution in [2.75, 3.05) is 7.11 Å². The quantitative estimate of drug-likeness (QED) is 0.461. The Bertz CT molecular complexity index is 897. The van der Waals surface area contributed by atoms with Crippen molar-refractivity contribution in [3.8, 4) is 33.7 Å². The van der Waals surface area contributed by atoms with Gasteiger partial charge in [0.1, 0.15) is 5.75 Å². The first-order valence-electron chi connectivity index (χ1n) is 8.32. The van der Waals surface area contributed by atoms with Crippen molar-refractivity contribution in [1.29, 1.82) is 0 Å². The highest BCUT2D eigenvalue weighted by atomic mass is 16.5. The molecule has 0 N–H and O–H groups in total. The molecular weight excluding hydrogens is 306 g/mol. The lowest BCUT2D eigenvalue weighted by molar-refractivity contribution is 0.415. The molecule has 4 aromatic rings. The van der Waals surface area contributed by atoms with E-state index >= 15 is 0 Å². The fourth-order valence-corrected chi connectivity index (χ4v) is 3.05. The number of nitrogens with zero attached hydrogens (tertiary/aromatic N) is 1. The number of methoxy groups -OCH3 is 1. The lowest BCUT2D eigenvalue weighted by Crippen LogP contribution is -1.90. The van der Waals surface area contributed by atoms with Crippen LogP contribution in [0.4, 0.5) is 0 Å². The molecule has 0 saturated heterocycles. The molecule has 0 amide bonds. The number of ether oxygens (including phenoxy) is 1. The van der Waals surface area contributed by atoms with Crippen LogP contribution in [0.2, 0.25) is 0 Å². The Morgan fingerprint density at radius 2 is 1.08 bits per heavy atom. The molecule has 3 aromatic carbocycles. The third-order valence-electron chi connectivity index (χ3n) is 4.37. The van der Waals surface area contributed by atoms with Crippen LogP contribution in [0.3, 0.4) is 0 Å². The second-order valence-corrected chi connectivity index (χ2v) is 5.92. The summed E-state index contributed by atoms with van der Waals surface area (Å²) in [7, 11) is 1.69. The SMILES string of the molecule is COc1ccc(-n2cc(-c3ccccc3)c(-c3ccccc3)c2)cc1. The zero-order valence-corrected chi connectivity index (χ0v) is 14.1. The maximum absolute atomic E-state index is 5.26. The van der Waals surface area contributed by atoms with E-state index in [1.807, 2.05) is 24.3 Å². The van der Waals surface area contributed by atoms with Gasteiger partial charge in [0, 0.05) is 29.2 Å². The minimum absolute atomic E-state index is 0.863. The van der Waals surface area contributed by atoms with Crippen molar-refractivity contribution in [3.63, 3.8) is 0 Å². The first kappa shape index (κ1) is 15.3. The van der Waals surface area contributed by atoms with Crippen LogP contribution in [0.5, 0.6) is 5.75 Å². The summed E-state index contributed by atoms with van der Waals surface area (Å²) in [6.07, 6.45) is 4.39. The van der Waals surface area contributed by atoms with Gasteiger partial charge < -0.3 is 9.30 Å². The molecule has 0 unspecified atom stereocenters. The number of hydrogen-bond acceptors (Lipinski definition) is 1. The molecule has 0 fully saturated rings. The third-order valence-corrected chi connectivity index (χ3v) is 4.37. The van der Waals surface area contributed by atoms with Gasteiger partial charge in [0.25, 0.3) is 0 Å². The van der Waals surface area contributed by atoms with Crippen LogP contribution in [0.15, 0.2) is 97.3 Å². The Balaban J connectivity index is 1.86. The molecule has 0 saturated carbocycles. The second-order valence-electron chi connectivity index (χ2n) is 5.92. The largest absolute Gasteiger partial charge is 0.497 e. The zero-order chi connectivity index (χ0) is 17.1. The van der Waals surface area contributed by atoms with E-state index in [0.29, 0.717) is 0 Å². The van der Waals surface area contributed by atoms with Gasteiger partial charge in [0.2, 0.25) is 0 Å². The molecule has 4 rings (SSSR count). The summed E-state index contributed by atoms with van der Waals surface area (Å²) in [6, 6.07) is 29.1. The molecule has 0 atom stereocenters. The summed E-state index contributed by atoms with van der Waals surface area (Å²) in [6.45, 7) is 0. The van der Waals surface area contributed by atoms with Crippen LogP contribution in [0, 0.1) is 0 Å². The predicted molar refractivity (Wildman–Crippen MR) is 103 cm³/mol. The van der Waals surface area contributed by atoms with E-state index in [1.54, 1.807) is 7.11 Å². The van der Waals surface area contributed by atoms with E-state index in [-0.39, 0.29) is 0 Å². The molecule has 0 bridgehead atoms. The molecule has 0 aliphatic heterocycles. The monoisotopic (exact) mass is 325 g/mol. The maximum Gasteiger partial charge on any atom is 0.119 e. The van der Waals surface area contributed by atoms with Gasteiger partial charge >= 0.3 is 0 Å². The van der Waals surface area contributed by atoms with Crippen molar-refractivity contribution in [3.05, 3.63) is 97.3 Å². The third kappa shape index (κ3) is 3.07. The normalized spacial score (nSPS) is 10.6. The molecule has 1 aromatic heterocycles. The highest BCUT2D eigenvalue weighted by molar-refractivity contribution is 5.83. The van der Waals surface area contributed by atoms with E-state index in [0.717, 1.165) is 11.4 Å². The molecule has 0 aliphatic rings. The molecular formula is C23H19NO. The maximum atomic E-state index is 5.26. The van der Waals surface area contributed by atoms with Crippen LogP contribution >= 0.6 is 0 Å². The van der Waals surface area contributed by atoms with Crippen LogP contribution < -0.4 is 4.74 Å². The summed E-state index contributed by atoms with van der Waals surface area (Å²) >= 11 is 0. The summed E-state index contributed by atoms with van der Waals surface area (Å²) in [5.41, 5.74) is 5.99. The first-order valence-corrected chi connectivity index (χ1v) is 8.32. The van der Waals surface area contributed by atoms with Crippen molar-refractivity contribution in [1.82, 2.24) is 4.57 Å². The molecule has 1 heterocycles. The van der Waals surface area contributed by atoms with E-state index < -0.39 is 0 Å². The highest BCUT2D eigenvalue weighted by Crippen LogP contribution is 2.34. The van der Waals surface area contributed by atoms with Crippen LogP contribution in [-0.2, 0) is 0 Å². The number of rotatable bonds is 4. The number of benzene rings is 3. The van der Waals surface area contributed by atoms with Gasteiger partial charge in [-0.15, -0.1) is 0 Å². The Kier molecular flexibility index (Phi) is 4.09. The smallest absolute Gasteiger partial charge is 0.119 e. The molecule has 2 nitrogen and oxygen atoms in total. The van der Waals surface area contributed by atoms with E-state index in [4.69, 9.17) is 4.74 Å². The van der Waals surface area contributed by atoms with Crippen LogP contribution in [0.1, 0.15) is 0 Å². The van der Waals surface area contributed by atoms with Crippen molar-refractivity contribution in [2.24, 2.45) is 0 Å². The van der Waals surface area contributed by atoms with E-state index in [2.05, 4.69) is 77.6 Å². The van der Waals surface area contributed by atoms with Gasteiger partial charge in [-0.25, -0.2) is 0 Å². The van der Waals surface area contributed by atoms with E-state index in [1.165, 1.54) is 22.3 Å². The van der Waals surface area contributed by atoms with Gasteiger partial charge in [0.05, 0.1) is 7.11 Å². The molecule has 0 aliphatic carbocycles. The fourth-order valence-electron chi connectivity index (χ4n) is 3.05. The molecule has 122 valence electrons. The van der Waals surface area contributed by atoms with Crippen LogP contribution in [-0.4, -0.2) is 11.7 Å². The van der Waals surface area contributed by atoms with E-state index in [9.17, 15) is 0 Å². The predicted octanol–water partition coefficient (Wildman–Crippen LogP) is 5.82. The fraction of sp³-hybridized carbons (Fsp3) is 0.0435. The summed E-state index contributed by atoms with van der Waals surface area (Å²) in [5.74, 6) is 0.863. The number of hydrogen-bond donors (Lipinski definition) is 0. The van der Waals surface area contributed by atoms with Crippen molar-refractivity contribution < 1.29 is 4.74 Å². The van der Waals surface area contributed by atoms with Gasteiger partial charge in [0.15, 0.2) is 0 Å². The van der Waals surface area contributed by atoms with Crippen molar-refractivity contribution in [2.45, 2.75) is 0 Å². The Morgan fingerprint density at radius 3 is 1.52 bits per heavy atom. The summed E-state index contributed by atoms with van der Waals surface area (Å²) < 4.78 is 7.43. The van der Waals surface area contributed by atoms with Gasteiger partial charge in [-0.1, -0.05) is 60.7 Å². The highest BCUT2D eigenvalue weighted by Gasteiger charge is 2.11. The standard InChI is InChI=1S/C23H19NO/c1-25-21-14-12-20(13-15-21)24-16-22(18-8-4-2-5-9-18)23(17-24)19-10-6-3-7-11-19/h2-17H,1H3. The van der Waals surface area contributed by atoms with Gasteiger partial charge in [-0.2, -0.15) is 0 Å². The average molecular weight is 325 g/mol. The number of aromatic nitrogens is 1. The lowest BCUT2D eigenvalue weighted by atomic mass is 9.99. The Morgan fingerprint density at radius 1 is 0.600 bits per heavy atom. The van der Waals surface area contributed by atoms with Crippen molar-refractivity contribution >= 4 is 0 Å². The topological polar surface area (TPSA) is 14.2 Å². The summed E-state index contributed by atoms with van der Waals surface area (Å²) in [4.78, 5) is 0. The minimum atomic E-state index is 0.863. The van der Waals surface area contributed by atoms with Gasteiger partial charge in [-0.3, -0.25) is 0 Å². The molecule has 25 heavy (non-hydrogen) atoms. The Hall–Kier alpha value is -3.26. The lowest BCUT2D eigenvalue weighted by Gasteiger charge is -2.04. The molecule has 0 radical (unpaired) electrons. The summed E-state index contributed by atoms with van der Waals surface area (Å²) in [5, 5.41) is 0. The minimum Gasteiger partial charge on any atom is -0.497 e. The first-order chi connectivity index (χ1) is 12.3. The second kappa shape index (κ2) is 6.70.